The fourth-order valence-electron chi connectivity index (χ4n) is 5.28. The number of piperidine rings is 1. The topological polar surface area (TPSA) is 118 Å². The molecule has 182 valence electrons. The van der Waals surface area contributed by atoms with Gasteiger partial charge < -0.3 is 20.7 Å². The van der Waals surface area contributed by atoms with E-state index in [1.54, 1.807) is 17.2 Å². The standard InChI is InChI=1S/C24H33N7O3/c1-16(13-29-14-20-19(12-25)21(20)15-29)34-18-4-2-17(3-5-18)31-9-6-22(28-24(31)33)27-23(32)30-10-7-26-8-11-30/h2-6,9,16,19-21,26H,7-8,10-15,25H2,1H3,(H,27,28,32,33)/t16?,19?,20-,21+. The first-order valence-electron chi connectivity index (χ1n) is 12.1. The number of aromatic nitrogens is 2. The summed E-state index contributed by atoms with van der Waals surface area (Å²) in [7, 11) is 0. The van der Waals surface area contributed by atoms with Gasteiger partial charge in [-0.15, -0.1) is 0 Å². The van der Waals surface area contributed by atoms with Crippen LogP contribution in [0.3, 0.4) is 0 Å². The first-order chi connectivity index (χ1) is 16.5. The van der Waals surface area contributed by atoms with Gasteiger partial charge in [0.25, 0.3) is 0 Å². The number of ether oxygens (including phenoxy) is 1. The number of amides is 2. The van der Waals surface area contributed by atoms with Crippen LogP contribution in [0.25, 0.3) is 5.69 Å². The van der Waals surface area contributed by atoms with Gasteiger partial charge in [-0.3, -0.25) is 14.8 Å². The minimum atomic E-state index is -0.455. The van der Waals surface area contributed by atoms with E-state index in [1.165, 1.54) is 4.57 Å². The van der Waals surface area contributed by atoms with Gasteiger partial charge in [0.05, 0.1) is 5.69 Å². The van der Waals surface area contributed by atoms with Crippen LogP contribution in [-0.2, 0) is 0 Å². The Kier molecular flexibility index (Phi) is 6.53. The monoisotopic (exact) mass is 467 g/mol. The van der Waals surface area contributed by atoms with E-state index in [1.807, 2.05) is 24.3 Å². The van der Waals surface area contributed by atoms with E-state index in [0.717, 1.165) is 62.8 Å². The number of piperazine rings is 1. The van der Waals surface area contributed by atoms with Gasteiger partial charge >= 0.3 is 11.7 Å². The highest BCUT2D eigenvalue weighted by atomic mass is 16.5. The number of nitrogens with one attached hydrogen (secondary N) is 2. The highest BCUT2D eigenvalue weighted by molar-refractivity contribution is 5.88. The van der Waals surface area contributed by atoms with Gasteiger partial charge in [0.2, 0.25) is 0 Å². The van der Waals surface area contributed by atoms with Crippen LogP contribution in [-0.4, -0.2) is 83.8 Å². The zero-order valence-corrected chi connectivity index (χ0v) is 19.5. The minimum Gasteiger partial charge on any atom is -0.489 e. The molecule has 0 bridgehead atoms. The van der Waals surface area contributed by atoms with Crippen LogP contribution >= 0.6 is 0 Å². The lowest BCUT2D eigenvalue weighted by Gasteiger charge is -2.27. The van der Waals surface area contributed by atoms with Gasteiger partial charge in [-0.25, -0.2) is 9.59 Å². The predicted octanol–water partition coefficient (Wildman–Crippen LogP) is 0.573. The molecule has 1 aromatic heterocycles. The fraction of sp³-hybridized carbons (Fsp3) is 0.542. The third kappa shape index (κ3) is 4.94. The van der Waals surface area contributed by atoms with E-state index in [9.17, 15) is 9.59 Å². The maximum Gasteiger partial charge on any atom is 0.354 e. The molecule has 10 heteroatoms. The number of carbonyl (C=O) groups is 1. The first-order valence-corrected chi connectivity index (χ1v) is 12.1. The maximum atomic E-state index is 12.6. The van der Waals surface area contributed by atoms with Gasteiger partial charge in [-0.1, -0.05) is 0 Å². The fourth-order valence-corrected chi connectivity index (χ4v) is 5.28. The normalized spacial score (nSPS) is 25.0. The van der Waals surface area contributed by atoms with Crippen LogP contribution in [0, 0.1) is 17.8 Å². The molecular formula is C24H33N7O3. The van der Waals surface area contributed by atoms with E-state index in [-0.39, 0.29) is 18.0 Å². The summed E-state index contributed by atoms with van der Waals surface area (Å²) in [4.78, 5) is 33.1. The Hall–Kier alpha value is -2.95. The quantitative estimate of drug-likeness (QED) is 0.545. The van der Waals surface area contributed by atoms with Crippen molar-refractivity contribution >= 4 is 11.8 Å². The molecule has 34 heavy (non-hydrogen) atoms. The highest BCUT2D eigenvalue weighted by Gasteiger charge is 2.54. The number of carbonyl (C=O) groups excluding carboxylic acids is 1. The lowest BCUT2D eigenvalue weighted by atomic mass is 10.2. The van der Waals surface area contributed by atoms with Crippen molar-refractivity contribution in [3.05, 3.63) is 47.0 Å². The number of hydrogen-bond donors (Lipinski definition) is 3. The van der Waals surface area contributed by atoms with Crippen molar-refractivity contribution in [2.24, 2.45) is 23.5 Å². The van der Waals surface area contributed by atoms with Crippen LogP contribution in [0.2, 0.25) is 0 Å². The van der Waals surface area contributed by atoms with Crippen LogP contribution in [0.1, 0.15) is 6.92 Å². The van der Waals surface area contributed by atoms with Crippen molar-refractivity contribution in [2.75, 3.05) is 57.7 Å². The summed E-state index contributed by atoms with van der Waals surface area (Å²) in [6.07, 6.45) is 1.69. The van der Waals surface area contributed by atoms with E-state index in [2.05, 4.69) is 27.4 Å². The highest BCUT2D eigenvalue weighted by Crippen LogP contribution is 2.50. The summed E-state index contributed by atoms with van der Waals surface area (Å²) in [6, 6.07) is 8.78. The number of likely N-dealkylation sites (tertiary alicyclic amines) is 1. The summed E-state index contributed by atoms with van der Waals surface area (Å²) in [5, 5.41) is 5.91. The Balaban J connectivity index is 1.15. The van der Waals surface area contributed by atoms with E-state index in [0.29, 0.717) is 18.8 Å². The molecule has 5 rings (SSSR count). The Morgan fingerprint density at radius 2 is 1.91 bits per heavy atom. The van der Waals surface area contributed by atoms with Crippen molar-refractivity contribution in [3.8, 4) is 11.4 Å². The Labute approximate surface area is 199 Å². The molecule has 0 spiro atoms. The average Bonchev–Trinajstić information content (AvgIpc) is 3.32. The molecule has 1 saturated carbocycles. The molecule has 2 aliphatic heterocycles. The van der Waals surface area contributed by atoms with Gasteiger partial charge in [-0.2, -0.15) is 4.98 Å². The molecular weight excluding hydrogens is 434 g/mol. The number of fused-ring (bicyclic) bond motifs is 1. The zero-order chi connectivity index (χ0) is 23.7. The van der Waals surface area contributed by atoms with Crippen LogP contribution in [0.5, 0.6) is 5.75 Å². The molecule has 10 nitrogen and oxygen atoms in total. The molecule has 2 amide bonds. The number of benzene rings is 1. The lowest BCUT2D eigenvalue weighted by Crippen LogP contribution is -2.48. The molecule has 0 radical (unpaired) electrons. The van der Waals surface area contributed by atoms with Crippen molar-refractivity contribution in [2.45, 2.75) is 13.0 Å². The van der Waals surface area contributed by atoms with Gasteiger partial charge in [0.1, 0.15) is 17.7 Å². The third-order valence-electron chi connectivity index (χ3n) is 7.13. The SMILES string of the molecule is CC(CN1C[C@@H]2C(CN)[C@@H]2C1)Oc1ccc(-n2ccc(NC(=O)N3CCNCC3)nc2=O)cc1. The van der Waals surface area contributed by atoms with Gasteiger partial charge in [0, 0.05) is 52.0 Å². The second-order valence-electron chi connectivity index (χ2n) is 9.50. The molecule has 2 aromatic rings. The molecule has 1 aliphatic carbocycles. The number of nitrogens with zero attached hydrogens (tertiary/aromatic N) is 4. The summed E-state index contributed by atoms with van der Waals surface area (Å²) < 4.78 is 7.54. The van der Waals surface area contributed by atoms with Gasteiger partial charge in [0.15, 0.2) is 0 Å². The van der Waals surface area contributed by atoms with Crippen molar-refractivity contribution in [1.82, 2.24) is 24.7 Å². The minimum absolute atomic E-state index is 0.0719. The predicted molar refractivity (Wildman–Crippen MR) is 129 cm³/mol. The van der Waals surface area contributed by atoms with Crippen LogP contribution in [0.15, 0.2) is 41.3 Å². The smallest absolute Gasteiger partial charge is 0.354 e. The Morgan fingerprint density at radius 3 is 2.56 bits per heavy atom. The van der Waals surface area contributed by atoms with Crippen molar-refractivity contribution in [1.29, 1.82) is 0 Å². The molecule has 3 fully saturated rings. The Bertz CT molecular complexity index is 1050. The van der Waals surface area contributed by atoms with Crippen LogP contribution < -0.4 is 26.8 Å². The van der Waals surface area contributed by atoms with Crippen molar-refractivity contribution < 1.29 is 9.53 Å². The maximum absolute atomic E-state index is 12.6. The lowest BCUT2D eigenvalue weighted by molar-refractivity contribution is 0.150. The molecule has 3 heterocycles. The molecule has 2 unspecified atom stereocenters. The average molecular weight is 468 g/mol. The first kappa shape index (κ1) is 22.8. The second kappa shape index (κ2) is 9.73. The zero-order valence-electron chi connectivity index (χ0n) is 19.5. The second-order valence-corrected chi connectivity index (χ2v) is 9.50. The summed E-state index contributed by atoms with van der Waals surface area (Å²) in [5.41, 5.74) is 6.03. The van der Waals surface area contributed by atoms with E-state index < -0.39 is 5.69 Å². The van der Waals surface area contributed by atoms with Crippen LogP contribution in [0.4, 0.5) is 10.6 Å². The molecule has 1 aromatic carbocycles. The number of nitrogens with two attached hydrogens (primary N) is 1. The third-order valence-corrected chi connectivity index (χ3v) is 7.13. The number of urea groups is 1. The molecule has 3 aliphatic rings. The number of hydrogen-bond acceptors (Lipinski definition) is 7. The van der Waals surface area contributed by atoms with Crippen molar-refractivity contribution in [3.63, 3.8) is 0 Å². The number of anilines is 1. The molecule has 4 N–H and O–H groups in total. The number of rotatable bonds is 7. The summed E-state index contributed by atoms with van der Waals surface area (Å²) in [5.74, 6) is 3.31. The summed E-state index contributed by atoms with van der Waals surface area (Å²) >= 11 is 0. The largest absolute Gasteiger partial charge is 0.489 e. The van der Waals surface area contributed by atoms with E-state index in [4.69, 9.17) is 10.5 Å². The summed E-state index contributed by atoms with van der Waals surface area (Å²) in [6.45, 7) is 8.82. The van der Waals surface area contributed by atoms with E-state index >= 15 is 0 Å². The Morgan fingerprint density at radius 1 is 1.21 bits per heavy atom. The van der Waals surface area contributed by atoms with Gasteiger partial charge in [-0.05, 0) is 61.6 Å². The molecule has 4 atom stereocenters. The molecule has 2 saturated heterocycles.